The maximum absolute atomic E-state index is 8.62. The Morgan fingerprint density at radius 2 is 1.94 bits per heavy atom. The molecule has 4 heteroatoms. The Labute approximate surface area is 95.2 Å². The molecule has 88 valence electrons. The summed E-state index contributed by atoms with van der Waals surface area (Å²) in [5.74, 6) is 1.67. The molecule has 16 heavy (non-hydrogen) atoms. The number of nitrogens with one attached hydrogen (secondary N) is 1. The largest absolute Gasteiger partial charge is 0.486 e. The van der Waals surface area contributed by atoms with Crippen LogP contribution in [0, 0.1) is 0 Å². The van der Waals surface area contributed by atoms with Gasteiger partial charge in [-0.2, -0.15) is 0 Å². The summed E-state index contributed by atoms with van der Waals surface area (Å²) in [6.07, 6.45) is 0.927. The van der Waals surface area contributed by atoms with Gasteiger partial charge in [0.1, 0.15) is 13.2 Å². The Morgan fingerprint density at radius 3 is 2.75 bits per heavy atom. The fourth-order valence-corrected chi connectivity index (χ4v) is 1.68. The van der Waals surface area contributed by atoms with Gasteiger partial charge in [-0.15, -0.1) is 0 Å². The highest BCUT2D eigenvalue weighted by molar-refractivity contribution is 5.43. The third-order valence-corrected chi connectivity index (χ3v) is 2.49. The summed E-state index contributed by atoms with van der Waals surface area (Å²) in [7, 11) is 0. The molecule has 2 rings (SSSR count). The molecule has 1 heterocycles. The summed E-state index contributed by atoms with van der Waals surface area (Å²) < 4.78 is 11.0. The lowest BCUT2D eigenvalue weighted by Gasteiger charge is -2.18. The van der Waals surface area contributed by atoms with Gasteiger partial charge in [-0.25, -0.2) is 0 Å². The van der Waals surface area contributed by atoms with E-state index < -0.39 is 0 Å². The molecule has 1 aliphatic rings. The zero-order valence-electron chi connectivity index (χ0n) is 9.24. The molecular weight excluding hydrogens is 206 g/mol. The van der Waals surface area contributed by atoms with Crippen molar-refractivity contribution in [3.8, 4) is 11.5 Å². The SMILES string of the molecule is OCCNCCc1ccc2c(c1)OCCO2. The Kier molecular flexibility index (Phi) is 4.02. The molecule has 0 aromatic heterocycles. The van der Waals surface area contributed by atoms with Crippen molar-refractivity contribution < 1.29 is 14.6 Å². The Hall–Kier alpha value is -1.26. The molecule has 1 aromatic rings. The van der Waals surface area contributed by atoms with Crippen LogP contribution in [0.3, 0.4) is 0 Å². The molecule has 0 unspecified atom stereocenters. The second kappa shape index (κ2) is 5.72. The third kappa shape index (κ3) is 2.87. The van der Waals surface area contributed by atoms with Gasteiger partial charge in [-0.3, -0.25) is 0 Å². The summed E-state index contributed by atoms with van der Waals surface area (Å²) in [6.45, 7) is 2.94. The quantitative estimate of drug-likeness (QED) is 0.717. The number of hydrogen-bond acceptors (Lipinski definition) is 4. The lowest BCUT2D eigenvalue weighted by molar-refractivity contribution is 0.171. The van der Waals surface area contributed by atoms with Crippen molar-refractivity contribution >= 4 is 0 Å². The third-order valence-electron chi connectivity index (χ3n) is 2.49. The maximum atomic E-state index is 8.62. The van der Waals surface area contributed by atoms with Crippen molar-refractivity contribution in [3.05, 3.63) is 23.8 Å². The molecule has 1 aromatic carbocycles. The zero-order chi connectivity index (χ0) is 11.2. The monoisotopic (exact) mass is 223 g/mol. The van der Waals surface area contributed by atoms with E-state index in [4.69, 9.17) is 14.6 Å². The molecule has 0 saturated carbocycles. The van der Waals surface area contributed by atoms with Crippen molar-refractivity contribution in [1.29, 1.82) is 0 Å². The maximum Gasteiger partial charge on any atom is 0.161 e. The molecule has 0 atom stereocenters. The van der Waals surface area contributed by atoms with Crippen LogP contribution in [0.2, 0.25) is 0 Å². The molecule has 0 aliphatic carbocycles. The predicted molar refractivity (Wildman–Crippen MR) is 61.1 cm³/mol. The van der Waals surface area contributed by atoms with E-state index in [2.05, 4.69) is 5.32 Å². The van der Waals surface area contributed by atoms with Crippen LogP contribution in [-0.2, 0) is 6.42 Å². The van der Waals surface area contributed by atoms with Crippen molar-refractivity contribution in [2.24, 2.45) is 0 Å². The van der Waals surface area contributed by atoms with E-state index in [1.54, 1.807) is 0 Å². The second-order valence-electron chi connectivity index (χ2n) is 3.70. The number of hydrogen-bond donors (Lipinski definition) is 2. The van der Waals surface area contributed by atoms with Crippen LogP contribution in [0.4, 0.5) is 0 Å². The first kappa shape index (κ1) is 11.2. The molecule has 0 amide bonds. The van der Waals surface area contributed by atoms with E-state index in [-0.39, 0.29) is 6.61 Å². The first-order chi connectivity index (χ1) is 7.90. The molecule has 0 radical (unpaired) electrons. The first-order valence-electron chi connectivity index (χ1n) is 5.60. The number of fused-ring (bicyclic) bond motifs is 1. The van der Waals surface area contributed by atoms with E-state index in [1.807, 2.05) is 18.2 Å². The standard InChI is InChI=1S/C12H17NO3/c14-6-5-13-4-3-10-1-2-11-12(9-10)16-8-7-15-11/h1-2,9,13-14H,3-8H2. The van der Waals surface area contributed by atoms with Gasteiger partial charge in [0.25, 0.3) is 0 Å². The van der Waals surface area contributed by atoms with Crippen LogP contribution in [0.1, 0.15) is 5.56 Å². The predicted octanol–water partition coefficient (Wildman–Crippen LogP) is 0.582. The second-order valence-corrected chi connectivity index (χ2v) is 3.70. The number of benzene rings is 1. The topological polar surface area (TPSA) is 50.7 Å². The smallest absolute Gasteiger partial charge is 0.161 e. The zero-order valence-corrected chi connectivity index (χ0v) is 9.24. The molecule has 0 bridgehead atoms. The van der Waals surface area contributed by atoms with Gasteiger partial charge in [0, 0.05) is 6.54 Å². The molecule has 0 spiro atoms. The van der Waals surface area contributed by atoms with Gasteiger partial charge in [0.15, 0.2) is 11.5 Å². The minimum Gasteiger partial charge on any atom is -0.486 e. The molecule has 1 aliphatic heterocycles. The van der Waals surface area contributed by atoms with Gasteiger partial charge in [-0.05, 0) is 30.7 Å². The van der Waals surface area contributed by atoms with E-state index in [0.29, 0.717) is 19.8 Å². The molecule has 2 N–H and O–H groups in total. The van der Waals surface area contributed by atoms with Gasteiger partial charge >= 0.3 is 0 Å². The minimum absolute atomic E-state index is 0.182. The average Bonchev–Trinajstić information content (AvgIpc) is 2.34. The fraction of sp³-hybridized carbons (Fsp3) is 0.500. The van der Waals surface area contributed by atoms with E-state index in [0.717, 1.165) is 24.5 Å². The highest BCUT2D eigenvalue weighted by Gasteiger charge is 2.11. The Bertz CT molecular complexity index is 341. The fourth-order valence-electron chi connectivity index (χ4n) is 1.68. The van der Waals surface area contributed by atoms with E-state index in [1.165, 1.54) is 5.56 Å². The van der Waals surface area contributed by atoms with Gasteiger partial charge < -0.3 is 19.9 Å². The lowest BCUT2D eigenvalue weighted by atomic mass is 10.1. The van der Waals surface area contributed by atoms with Gasteiger partial charge in [0.2, 0.25) is 0 Å². The average molecular weight is 223 g/mol. The van der Waals surface area contributed by atoms with Crippen LogP contribution < -0.4 is 14.8 Å². The Morgan fingerprint density at radius 1 is 1.12 bits per heavy atom. The van der Waals surface area contributed by atoms with Crippen molar-refractivity contribution in [1.82, 2.24) is 5.32 Å². The minimum atomic E-state index is 0.182. The first-order valence-corrected chi connectivity index (χ1v) is 5.60. The molecule has 0 saturated heterocycles. The van der Waals surface area contributed by atoms with E-state index in [9.17, 15) is 0 Å². The van der Waals surface area contributed by atoms with E-state index >= 15 is 0 Å². The van der Waals surface area contributed by atoms with Crippen LogP contribution >= 0.6 is 0 Å². The highest BCUT2D eigenvalue weighted by Crippen LogP contribution is 2.30. The normalized spacial score (nSPS) is 13.8. The van der Waals surface area contributed by atoms with Crippen molar-refractivity contribution in [3.63, 3.8) is 0 Å². The summed E-state index contributed by atoms with van der Waals surface area (Å²) >= 11 is 0. The number of ether oxygens (including phenoxy) is 2. The van der Waals surface area contributed by atoms with Crippen LogP contribution in [0.25, 0.3) is 0 Å². The highest BCUT2D eigenvalue weighted by atomic mass is 16.6. The summed E-state index contributed by atoms with van der Waals surface area (Å²) in [5, 5.41) is 11.8. The van der Waals surface area contributed by atoms with Gasteiger partial charge in [0.05, 0.1) is 6.61 Å². The van der Waals surface area contributed by atoms with Crippen LogP contribution in [0.15, 0.2) is 18.2 Å². The molecule has 0 fully saturated rings. The number of rotatable bonds is 5. The van der Waals surface area contributed by atoms with Crippen LogP contribution in [0.5, 0.6) is 11.5 Å². The van der Waals surface area contributed by atoms with Crippen LogP contribution in [-0.4, -0.2) is 38.0 Å². The van der Waals surface area contributed by atoms with Gasteiger partial charge in [-0.1, -0.05) is 6.07 Å². The van der Waals surface area contributed by atoms with Crippen molar-refractivity contribution in [2.45, 2.75) is 6.42 Å². The summed E-state index contributed by atoms with van der Waals surface area (Å²) in [4.78, 5) is 0. The van der Waals surface area contributed by atoms with Crippen molar-refractivity contribution in [2.75, 3.05) is 32.9 Å². The number of aliphatic hydroxyl groups is 1. The summed E-state index contributed by atoms with van der Waals surface area (Å²) in [5.41, 5.74) is 1.22. The molecule has 4 nitrogen and oxygen atoms in total. The lowest BCUT2D eigenvalue weighted by Crippen LogP contribution is -2.21. The number of aliphatic hydroxyl groups excluding tert-OH is 1. The Balaban J connectivity index is 1.90. The summed E-state index contributed by atoms with van der Waals surface area (Å²) in [6, 6.07) is 6.03. The molecular formula is C12H17NO3.